The van der Waals surface area contributed by atoms with Crippen LogP contribution in [0.25, 0.3) is 0 Å². The van der Waals surface area contributed by atoms with E-state index in [1.807, 2.05) is 6.07 Å². The van der Waals surface area contributed by atoms with Gasteiger partial charge < -0.3 is 15.0 Å². The molecule has 1 fully saturated rings. The average Bonchev–Trinajstić information content (AvgIpc) is 2.54. The van der Waals surface area contributed by atoms with Gasteiger partial charge in [-0.05, 0) is 31.4 Å². The van der Waals surface area contributed by atoms with Crippen molar-refractivity contribution in [3.8, 4) is 5.75 Å². The molecule has 0 aromatic heterocycles. The average molecular weight is 294 g/mol. The van der Waals surface area contributed by atoms with E-state index in [2.05, 4.69) is 31.0 Å². The largest absolute Gasteiger partial charge is 0.497 e. The summed E-state index contributed by atoms with van der Waals surface area (Å²) in [6.07, 6.45) is 3.08. The zero-order valence-electron chi connectivity index (χ0n) is 13.6. The molecule has 0 bridgehead atoms. The number of piperazine rings is 1. The predicted molar refractivity (Wildman–Crippen MR) is 85.7 cm³/mol. The van der Waals surface area contributed by atoms with E-state index in [0.29, 0.717) is 17.5 Å². The molecule has 1 aliphatic rings. The van der Waals surface area contributed by atoms with Crippen LogP contribution in [0.2, 0.25) is 0 Å². The minimum Gasteiger partial charge on any atom is -0.497 e. The number of nitrogens with zero attached hydrogens (tertiary/aromatic N) is 1. The van der Waals surface area contributed by atoms with Crippen molar-refractivity contribution in [2.45, 2.75) is 51.6 Å². The van der Waals surface area contributed by atoms with E-state index >= 15 is 0 Å². The van der Waals surface area contributed by atoms with E-state index in [1.54, 1.807) is 13.2 Å². The molecule has 1 aromatic rings. The zero-order chi connectivity index (χ0) is 15.5. The molecule has 1 aromatic carbocycles. The molecule has 1 aliphatic heterocycles. The van der Waals surface area contributed by atoms with Crippen LogP contribution in [0.15, 0.2) is 18.2 Å². The Kier molecular flexibility index (Phi) is 5.09. The highest BCUT2D eigenvalue weighted by atomic mass is 19.1. The second kappa shape index (κ2) is 6.65. The van der Waals surface area contributed by atoms with Crippen LogP contribution in [-0.2, 0) is 0 Å². The summed E-state index contributed by atoms with van der Waals surface area (Å²) in [5.74, 6) is 0.538. The highest BCUT2D eigenvalue weighted by Crippen LogP contribution is 2.32. The van der Waals surface area contributed by atoms with Crippen molar-refractivity contribution in [3.05, 3.63) is 24.0 Å². The Morgan fingerprint density at radius 3 is 2.62 bits per heavy atom. The van der Waals surface area contributed by atoms with E-state index < -0.39 is 0 Å². The molecule has 2 rings (SSSR count). The number of halogens is 1. The molecule has 3 nitrogen and oxygen atoms in total. The first-order valence-electron chi connectivity index (χ1n) is 7.94. The molecule has 4 heteroatoms. The second-order valence-electron chi connectivity index (χ2n) is 5.88. The van der Waals surface area contributed by atoms with Crippen LogP contribution in [-0.4, -0.2) is 31.8 Å². The summed E-state index contributed by atoms with van der Waals surface area (Å²) < 4.78 is 19.6. The van der Waals surface area contributed by atoms with Crippen molar-refractivity contribution >= 4 is 5.69 Å². The summed E-state index contributed by atoms with van der Waals surface area (Å²) in [6.45, 7) is 8.28. The summed E-state index contributed by atoms with van der Waals surface area (Å²) in [6, 6.07) is 5.31. The van der Waals surface area contributed by atoms with E-state index in [-0.39, 0.29) is 11.4 Å². The summed E-state index contributed by atoms with van der Waals surface area (Å²) in [5.41, 5.74) is 0.732. The van der Waals surface area contributed by atoms with Crippen LogP contribution >= 0.6 is 0 Å². The predicted octanol–water partition coefficient (Wildman–Crippen LogP) is 3.58. The van der Waals surface area contributed by atoms with Gasteiger partial charge in [0.25, 0.3) is 0 Å². The van der Waals surface area contributed by atoms with Gasteiger partial charge in [-0.25, -0.2) is 4.39 Å². The third-order valence-electron chi connectivity index (χ3n) is 4.91. The number of hydrogen-bond acceptors (Lipinski definition) is 3. The Hall–Kier alpha value is -1.29. The summed E-state index contributed by atoms with van der Waals surface area (Å²) in [4.78, 5) is 2.22. The van der Waals surface area contributed by atoms with Crippen molar-refractivity contribution < 1.29 is 9.13 Å². The van der Waals surface area contributed by atoms with Gasteiger partial charge in [-0.15, -0.1) is 0 Å². The van der Waals surface area contributed by atoms with Crippen LogP contribution in [0, 0.1) is 5.82 Å². The Labute approximate surface area is 127 Å². The Morgan fingerprint density at radius 2 is 2.05 bits per heavy atom. The molecule has 1 saturated heterocycles. The second-order valence-corrected chi connectivity index (χ2v) is 5.88. The van der Waals surface area contributed by atoms with Crippen LogP contribution in [0.5, 0.6) is 5.75 Å². The van der Waals surface area contributed by atoms with Gasteiger partial charge in [0.1, 0.15) is 11.6 Å². The molecular weight excluding hydrogens is 267 g/mol. The normalized spacial score (nSPS) is 21.4. The van der Waals surface area contributed by atoms with Crippen LogP contribution < -0.4 is 15.0 Å². The number of hydrogen-bond donors (Lipinski definition) is 1. The minimum absolute atomic E-state index is 0.0706. The number of ether oxygens (including phenoxy) is 1. The van der Waals surface area contributed by atoms with E-state index in [9.17, 15) is 4.39 Å². The fraction of sp³-hybridized carbons (Fsp3) is 0.647. The van der Waals surface area contributed by atoms with E-state index in [4.69, 9.17) is 4.74 Å². The summed E-state index contributed by atoms with van der Waals surface area (Å²) in [5, 5.41) is 3.69. The molecule has 0 radical (unpaired) electrons. The lowest BCUT2D eigenvalue weighted by atomic mass is 9.87. The maximum absolute atomic E-state index is 14.3. The fourth-order valence-electron chi connectivity index (χ4n) is 3.17. The Balaban J connectivity index is 2.37. The van der Waals surface area contributed by atoms with E-state index in [0.717, 1.165) is 32.4 Å². The number of nitrogens with one attached hydrogen (secondary N) is 1. The molecule has 0 amide bonds. The quantitative estimate of drug-likeness (QED) is 0.898. The van der Waals surface area contributed by atoms with Crippen molar-refractivity contribution in [2.75, 3.05) is 25.1 Å². The fourth-order valence-corrected chi connectivity index (χ4v) is 3.17. The van der Waals surface area contributed by atoms with E-state index in [1.165, 1.54) is 6.07 Å². The van der Waals surface area contributed by atoms with Crippen molar-refractivity contribution in [3.63, 3.8) is 0 Å². The number of rotatable bonds is 5. The molecule has 1 heterocycles. The Morgan fingerprint density at radius 1 is 1.33 bits per heavy atom. The maximum atomic E-state index is 14.3. The minimum atomic E-state index is -0.169. The molecule has 0 spiro atoms. The molecule has 1 N–H and O–H groups in total. The van der Waals surface area contributed by atoms with Gasteiger partial charge in [0.2, 0.25) is 0 Å². The van der Waals surface area contributed by atoms with Gasteiger partial charge in [-0.3, -0.25) is 0 Å². The summed E-state index contributed by atoms with van der Waals surface area (Å²) in [7, 11) is 1.62. The van der Waals surface area contributed by atoms with Gasteiger partial charge in [0.15, 0.2) is 0 Å². The number of benzene rings is 1. The molecular formula is C17H27FN2O. The number of methoxy groups -OCH3 is 1. The smallest absolute Gasteiger partial charge is 0.146 e. The van der Waals surface area contributed by atoms with Crippen molar-refractivity contribution in [1.82, 2.24) is 5.32 Å². The maximum Gasteiger partial charge on any atom is 0.146 e. The van der Waals surface area contributed by atoms with Crippen LogP contribution in [0.3, 0.4) is 0 Å². The monoisotopic (exact) mass is 294 g/mol. The molecule has 1 unspecified atom stereocenters. The first-order chi connectivity index (χ1) is 10.1. The van der Waals surface area contributed by atoms with Gasteiger partial charge in [-0.2, -0.15) is 0 Å². The lowest BCUT2D eigenvalue weighted by Crippen LogP contribution is -2.64. The standard InChI is InChI=1S/C17H27FN2O/c1-5-13-11-19-17(6-2,7-3)12-20(13)16-10-14(21-4)8-9-15(16)18/h8-10,13,19H,5-7,11-12H2,1-4H3. The Bertz CT molecular complexity index is 474. The molecule has 118 valence electrons. The highest BCUT2D eigenvalue weighted by molar-refractivity contribution is 5.54. The van der Waals surface area contributed by atoms with Gasteiger partial charge >= 0.3 is 0 Å². The molecule has 21 heavy (non-hydrogen) atoms. The lowest BCUT2D eigenvalue weighted by Gasteiger charge is -2.48. The SMILES string of the molecule is CCC1CNC(CC)(CC)CN1c1cc(OC)ccc1F. The van der Waals surface area contributed by atoms with Gasteiger partial charge in [0.05, 0.1) is 12.8 Å². The van der Waals surface area contributed by atoms with Gasteiger partial charge in [-0.1, -0.05) is 20.8 Å². The van der Waals surface area contributed by atoms with Crippen molar-refractivity contribution in [2.24, 2.45) is 0 Å². The third kappa shape index (κ3) is 3.15. The third-order valence-corrected chi connectivity index (χ3v) is 4.91. The molecule has 0 saturated carbocycles. The first-order valence-corrected chi connectivity index (χ1v) is 7.94. The lowest BCUT2D eigenvalue weighted by molar-refractivity contribution is 0.245. The summed E-state index contributed by atoms with van der Waals surface area (Å²) >= 11 is 0. The number of anilines is 1. The highest BCUT2D eigenvalue weighted by Gasteiger charge is 2.37. The van der Waals surface area contributed by atoms with Crippen LogP contribution in [0.4, 0.5) is 10.1 Å². The van der Waals surface area contributed by atoms with Crippen LogP contribution in [0.1, 0.15) is 40.0 Å². The topological polar surface area (TPSA) is 24.5 Å². The van der Waals surface area contributed by atoms with Gasteiger partial charge in [0, 0.05) is 30.7 Å². The first kappa shape index (κ1) is 16.1. The zero-order valence-corrected chi connectivity index (χ0v) is 13.6. The van der Waals surface area contributed by atoms with Crippen molar-refractivity contribution in [1.29, 1.82) is 0 Å². The molecule has 0 aliphatic carbocycles. The molecule has 1 atom stereocenters.